The molecule has 1 atom stereocenters. The molecular formula is C20H26ClFN2O2. The van der Waals surface area contributed by atoms with E-state index in [1.807, 2.05) is 6.07 Å². The number of carbonyl (C=O) groups is 1. The smallest absolute Gasteiger partial charge is 0.230 e. The van der Waals surface area contributed by atoms with Gasteiger partial charge in [0.2, 0.25) is 5.91 Å². The molecule has 6 heteroatoms. The molecule has 1 N–H and O–H groups in total. The molecule has 1 spiro atoms. The average Bonchev–Trinajstić information content (AvgIpc) is 2.94. The van der Waals surface area contributed by atoms with Crippen LogP contribution >= 0.6 is 11.6 Å². The molecular weight excluding hydrogens is 355 g/mol. The van der Waals surface area contributed by atoms with Gasteiger partial charge in [-0.25, -0.2) is 4.39 Å². The van der Waals surface area contributed by atoms with Gasteiger partial charge in [0, 0.05) is 25.7 Å². The fraction of sp³-hybridized carbons (Fsp3) is 0.650. The lowest BCUT2D eigenvalue weighted by atomic mass is 9.78. The summed E-state index contributed by atoms with van der Waals surface area (Å²) in [6.45, 7) is 2.21. The first-order valence-electron chi connectivity index (χ1n) is 9.68. The molecule has 1 aromatic carbocycles. The number of anilines is 1. The minimum absolute atomic E-state index is 0.146. The van der Waals surface area contributed by atoms with E-state index in [9.17, 15) is 14.3 Å². The second kappa shape index (κ2) is 7.01. The van der Waals surface area contributed by atoms with Crippen LogP contribution in [0.1, 0.15) is 44.9 Å². The van der Waals surface area contributed by atoms with Crippen molar-refractivity contribution >= 4 is 23.2 Å². The average molecular weight is 381 g/mol. The summed E-state index contributed by atoms with van der Waals surface area (Å²) in [4.78, 5) is 17.5. The standard InChI is InChI=1S/C20H26ClFN2O2/c21-18-16(22)3-1-4-17(18)23-11-2-9-20(13-23)10-12-24(19(20)26)14-5-7-15(25)8-6-14/h1,3-4,14-15,25H,2,5-13H2/t14-,15-,20-/m1/s1. The predicted molar refractivity (Wildman–Crippen MR) is 99.9 cm³/mol. The monoisotopic (exact) mass is 380 g/mol. The quantitative estimate of drug-likeness (QED) is 0.852. The van der Waals surface area contributed by atoms with Crippen molar-refractivity contribution in [2.45, 2.75) is 57.1 Å². The topological polar surface area (TPSA) is 43.8 Å². The molecule has 26 heavy (non-hydrogen) atoms. The molecule has 0 radical (unpaired) electrons. The minimum Gasteiger partial charge on any atom is -0.393 e. The number of hydrogen-bond donors (Lipinski definition) is 1. The van der Waals surface area contributed by atoms with E-state index in [-0.39, 0.29) is 28.5 Å². The van der Waals surface area contributed by atoms with E-state index in [4.69, 9.17) is 11.6 Å². The van der Waals surface area contributed by atoms with E-state index in [1.54, 1.807) is 6.07 Å². The van der Waals surface area contributed by atoms with Crippen LogP contribution < -0.4 is 4.90 Å². The third kappa shape index (κ3) is 3.09. The van der Waals surface area contributed by atoms with Gasteiger partial charge in [0.15, 0.2) is 0 Å². The highest BCUT2D eigenvalue weighted by Crippen LogP contribution is 2.44. The molecule has 142 valence electrons. The number of aliphatic hydroxyl groups excluding tert-OH is 1. The third-order valence-corrected chi connectivity index (χ3v) is 6.88. The maximum absolute atomic E-state index is 13.9. The molecule has 3 fully saturated rings. The zero-order valence-corrected chi connectivity index (χ0v) is 15.7. The number of carbonyl (C=O) groups excluding carboxylic acids is 1. The molecule has 1 aliphatic carbocycles. The summed E-state index contributed by atoms with van der Waals surface area (Å²) in [5.74, 6) is -0.167. The molecule has 4 nitrogen and oxygen atoms in total. The van der Waals surface area contributed by atoms with Crippen LogP contribution in [0.5, 0.6) is 0 Å². The Morgan fingerprint density at radius 2 is 1.92 bits per heavy atom. The van der Waals surface area contributed by atoms with Gasteiger partial charge in [-0.2, -0.15) is 0 Å². The molecule has 2 aliphatic heterocycles. The van der Waals surface area contributed by atoms with Crippen LogP contribution in [-0.4, -0.2) is 47.7 Å². The molecule has 1 saturated carbocycles. The Hall–Kier alpha value is -1.33. The Balaban J connectivity index is 1.52. The lowest BCUT2D eigenvalue weighted by Crippen LogP contribution is -2.50. The lowest BCUT2D eigenvalue weighted by Gasteiger charge is -2.41. The van der Waals surface area contributed by atoms with Gasteiger partial charge in [-0.1, -0.05) is 17.7 Å². The molecule has 4 rings (SSSR count). The molecule has 0 aromatic heterocycles. The van der Waals surface area contributed by atoms with Gasteiger partial charge in [-0.3, -0.25) is 4.79 Å². The van der Waals surface area contributed by atoms with Crippen molar-refractivity contribution in [2.24, 2.45) is 5.41 Å². The van der Waals surface area contributed by atoms with Gasteiger partial charge in [0.05, 0.1) is 22.2 Å². The Morgan fingerprint density at radius 3 is 2.69 bits per heavy atom. The molecule has 0 unspecified atom stereocenters. The van der Waals surface area contributed by atoms with E-state index in [2.05, 4.69) is 9.80 Å². The number of halogens is 2. The van der Waals surface area contributed by atoms with E-state index in [1.165, 1.54) is 6.07 Å². The SMILES string of the molecule is O=C1N([C@H]2CC[C@H](O)CC2)CC[C@@]12CCCN(c1cccc(F)c1Cl)C2. The van der Waals surface area contributed by atoms with Crippen LogP contribution in [-0.2, 0) is 4.79 Å². The number of likely N-dealkylation sites (tertiary alicyclic amines) is 1. The summed E-state index contributed by atoms with van der Waals surface area (Å²) in [5, 5.41) is 9.88. The Kier molecular flexibility index (Phi) is 4.86. The zero-order valence-electron chi connectivity index (χ0n) is 15.0. The van der Waals surface area contributed by atoms with Crippen LogP contribution in [0.4, 0.5) is 10.1 Å². The number of piperidine rings is 1. The summed E-state index contributed by atoms with van der Waals surface area (Å²) < 4.78 is 13.9. The lowest BCUT2D eigenvalue weighted by molar-refractivity contribution is -0.139. The van der Waals surface area contributed by atoms with Crippen molar-refractivity contribution in [1.82, 2.24) is 4.90 Å². The summed E-state index contributed by atoms with van der Waals surface area (Å²) in [6.07, 6.45) is 5.80. The Labute approximate surface area is 158 Å². The Bertz CT molecular complexity index is 692. The Morgan fingerprint density at radius 1 is 1.15 bits per heavy atom. The number of nitrogens with zero attached hydrogens (tertiary/aromatic N) is 2. The highest BCUT2D eigenvalue weighted by Gasteiger charge is 2.50. The van der Waals surface area contributed by atoms with Gasteiger partial charge in [0.25, 0.3) is 0 Å². The van der Waals surface area contributed by atoms with Crippen molar-refractivity contribution in [3.63, 3.8) is 0 Å². The van der Waals surface area contributed by atoms with Crippen LogP contribution in [0.25, 0.3) is 0 Å². The minimum atomic E-state index is -0.413. The first-order valence-corrected chi connectivity index (χ1v) is 10.1. The largest absolute Gasteiger partial charge is 0.393 e. The molecule has 3 aliphatic rings. The third-order valence-electron chi connectivity index (χ3n) is 6.50. The molecule has 1 amide bonds. The number of hydrogen-bond acceptors (Lipinski definition) is 3. The highest BCUT2D eigenvalue weighted by atomic mass is 35.5. The fourth-order valence-corrected chi connectivity index (χ4v) is 5.26. The number of aliphatic hydroxyl groups is 1. The van der Waals surface area contributed by atoms with E-state index in [0.717, 1.165) is 58.0 Å². The molecule has 2 saturated heterocycles. The summed E-state index contributed by atoms with van der Waals surface area (Å²) in [5.41, 5.74) is 0.321. The second-order valence-electron chi connectivity index (χ2n) is 8.09. The summed E-state index contributed by atoms with van der Waals surface area (Å²) in [6, 6.07) is 5.14. The molecule has 1 aromatic rings. The van der Waals surface area contributed by atoms with Crippen molar-refractivity contribution in [2.75, 3.05) is 24.5 Å². The van der Waals surface area contributed by atoms with Crippen LogP contribution in [0, 0.1) is 11.2 Å². The van der Waals surface area contributed by atoms with Crippen molar-refractivity contribution in [3.8, 4) is 0 Å². The number of benzene rings is 1. The van der Waals surface area contributed by atoms with Crippen molar-refractivity contribution in [3.05, 3.63) is 29.0 Å². The summed E-state index contributed by atoms with van der Waals surface area (Å²) >= 11 is 6.19. The van der Waals surface area contributed by atoms with E-state index in [0.29, 0.717) is 12.2 Å². The second-order valence-corrected chi connectivity index (χ2v) is 8.47. The normalized spacial score (nSPS) is 32.5. The summed E-state index contributed by atoms with van der Waals surface area (Å²) in [7, 11) is 0. The van der Waals surface area contributed by atoms with Crippen molar-refractivity contribution in [1.29, 1.82) is 0 Å². The van der Waals surface area contributed by atoms with E-state index < -0.39 is 5.82 Å². The van der Waals surface area contributed by atoms with Crippen molar-refractivity contribution < 1.29 is 14.3 Å². The van der Waals surface area contributed by atoms with Gasteiger partial charge < -0.3 is 14.9 Å². The van der Waals surface area contributed by atoms with Crippen LogP contribution in [0.2, 0.25) is 5.02 Å². The van der Waals surface area contributed by atoms with Crippen LogP contribution in [0.3, 0.4) is 0 Å². The van der Waals surface area contributed by atoms with Crippen LogP contribution in [0.15, 0.2) is 18.2 Å². The maximum atomic E-state index is 13.9. The zero-order chi connectivity index (χ0) is 18.3. The van der Waals surface area contributed by atoms with Gasteiger partial charge in [0.1, 0.15) is 5.82 Å². The predicted octanol–water partition coefficient (Wildman–Crippen LogP) is 3.60. The van der Waals surface area contributed by atoms with Gasteiger partial charge in [-0.05, 0) is 57.1 Å². The first kappa shape index (κ1) is 18.1. The molecule has 0 bridgehead atoms. The fourth-order valence-electron chi connectivity index (χ4n) is 5.02. The number of amides is 1. The van der Waals surface area contributed by atoms with E-state index >= 15 is 0 Å². The highest BCUT2D eigenvalue weighted by molar-refractivity contribution is 6.33. The first-order chi connectivity index (χ1) is 12.5. The van der Waals surface area contributed by atoms with Gasteiger partial charge >= 0.3 is 0 Å². The maximum Gasteiger partial charge on any atom is 0.230 e. The number of rotatable bonds is 2. The molecule has 2 heterocycles. The van der Waals surface area contributed by atoms with Gasteiger partial charge in [-0.15, -0.1) is 0 Å².